The average molecular weight is 273 g/mol. The van der Waals surface area contributed by atoms with Gasteiger partial charge in [0, 0.05) is 6.42 Å². The van der Waals surface area contributed by atoms with Crippen molar-refractivity contribution in [2.24, 2.45) is 11.3 Å². The standard InChI is InChI=1S/C14H27NO2S/c1-14(2,3)9-12(10-16)15-13(17)8-11-4-6-18-7-5-11/h11-12,16H,4-10H2,1-3H3,(H,15,17). The molecule has 3 nitrogen and oxygen atoms in total. The summed E-state index contributed by atoms with van der Waals surface area (Å²) in [5.74, 6) is 3.02. The molecule has 0 aromatic rings. The summed E-state index contributed by atoms with van der Waals surface area (Å²) in [5, 5.41) is 12.3. The van der Waals surface area contributed by atoms with E-state index in [0.717, 1.165) is 19.3 Å². The van der Waals surface area contributed by atoms with Crippen LogP contribution < -0.4 is 5.32 Å². The Kier molecular flexibility index (Phi) is 6.50. The minimum Gasteiger partial charge on any atom is -0.394 e. The van der Waals surface area contributed by atoms with Gasteiger partial charge in [-0.15, -0.1) is 0 Å². The molecule has 18 heavy (non-hydrogen) atoms. The van der Waals surface area contributed by atoms with Crippen molar-refractivity contribution in [3.8, 4) is 0 Å². The Bertz CT molecular complexity index is 257. The normalized spacial score (nSPS) is 19.6. The van der Waals surface area contributed by atoms with Crippen molar-refractivity contribution < 1.29 is 9.90 Å². The average Bonchev–Trinajstić information content (AvgIpc) is 2.27. The fraction of sp³-hybridized carbons (Fsp3) is 0.929. The second-order valence-electron chi connectivity index (χ2n) is 6.47. The minimum absolute atomic E-state index is 0.0313. The van der Waals surface area contributed by atoms with Crippen LogP contribution in [-0.4, -0.2) is 35.2 Å². The number of carbonyl (C=O) groups is 1. The van der Waals surface area contributed by atoms with Crippen molar-refractivity contribution in [2.75, 3.05) is 18.1 Å². The molecule has 1 unspecified atom stereocenters. The number of rotatable bonds is 5. The van der Waals surface area contributed by atoms with Crippen LogP contribution in [0, 0.1) is 11.3 Å². The number of amides is 1. The molecule has 0 saturated carbocycles. The maximum Gasteiger partial charge on any atom is 0.220 e. The summed E-state index contributed by atoms with van der Waals surface area (Å²) in [4.78, 5) is 11.9. The topological polar surface area (TPSA) is 49.3 Å². The van der Waals surface area contributed by atoms with Gasteiger partial charge >= 0.3 is 0 Å². The van der Waals surface area contributed by atoms with Crippen molar-refractivity contribution in [3.63, 3.8) is 0 Å². The molecule has 0 aliphatic carbocycles. The van der Waals surface area contributed by atoms with E-state index in [0.29, 0.717) is 12.3 Å². The van der Waals surface area contributed by atoms with Crippen LogP contribution in [0.3, 0.4) is 0 Å². The highest BCUT2D eigenvalue weighted by atomic mass is 32.2. The number of carbonyl (C=O) groups excluding carboxylic acids is 1. The predicted octanol–water partition coefficient (Wildman–Crippen LogP) is 2.43. The van der Waals surface area contributed by atoms with Crippen LogP contribution in [0.2, 0.25) is 0 Å². The molecule has 0 radical (unpaired) electrons. The molecule has 4 heteroatoms. The molecule has 2 N–H and O–H groups in total. The summed E-state index contributed by atoms with van der Waals surface area (Å²) in [6.07, 6.45) is 3.75. The minimum atomic E-state index is -0.101. The van der Waals surface area contributed by atoms with Gasteiger partial charge in [-0.25, -0.2) is 0 Å². The first-order chi connectivity index (χ1) is 8.40. The van der Waals surface area contributed by atoms with E-state index in [1.807, 2.05) is 11.8 Å². The van der Waals surface area contributed by atoms with Crippen molar-refractivity contribution in [1.82, 2.24) is 5.32 Å². The highest BCUT2D eigenvalue weighted by Gasteiger charge is 2.22. The number of nitrogens with one attached hydrogen (secondary N) is 1. The van der Waals surface area contributed by atoms with Crippen LogP contribution in [0.4, 0.5) is 0 Å². The van der Waals surface area contributed by atoms with Crippen LogP contribution in [0.1, 0.15) is 46.5 Å². The van der Waals surface area contributed by atoms with Crippen molar-refractivity contribution in [1.29, 1.82) is 0 Å². The second kappa shape index (κ2) is 7.39. The first kappa shape index (κ1) is 15.8. The molecule has 106 valence electrons. The Morgan fingerprint density at radius 3 is 2.50 bits per heavy atom. The van der Waals surface area contributed by atoms with E-state index in [1.165, 1.54) is 11.5 Å². The lowest BCUT2D eigenvalue weighted by Crippen LogP contribution is -2.40. The zero-order valence-electron chi connectivity index (χ0n) is 11.9. The quantitative estimate of drug-likeness (QED) is 0.809. The molecule has 1 atom stereocenters. The molecule has 1 rings (SSSR count). The lowest BCUT2D eigenvalue weighted by molar-refractivity contribution is -0.123. The number of aliphatic hydroxyl groups excluding tert-OH is 1. The van der Waals surface area contributed by atoms with Crippen molar-refractivity contribution >= 4 is 17.7 Å². The highest BCUT2D eigenvalue weighted by molar-refractivity contribution is 7.99. The van der Waals surface area contributed by atoms with Gasteiger partial charge in [-0.3, -0.25) is 4.79 Å². The Morgan fingerprint density at radius 2 is 2.00 bits per heavy atom. The fourth-order valence-corrected chi connectivity index (χ4v) is 3.60. The second-order valence-corrected chi connectivity index (χ2v) is 7.70. The summed E-state index contributed by atoms with van der Waals surface area (Å²) in [7, 11) is 0. The maximum atomic E-state index is 11.9. The van der Waals surface area contributed by atoms with E-state index in [4.69, 9.17) is 0 Å². The molecule has 0 spiro atoms. The zero-order valence-corrected chi connectivity index (χ0v) is 12.7. The molecule has 1 amide bonds. The van der Waals surface area contributed by atoms with Gasteiger partial charge in [-0.1, -0.05) is 20.8 Å². The molecule has 1 fully saturated rings. The summed E-state index contributed by atoms with van der Waals surface area (Å²) >= 11 is 1.98. The van der Waals surface area contributed by atoms with Crippen LogP contribution in [0.5, 0.6) is 0 Å². The van der Waals surface area contributed by atoms with Gasteiger partial charge in [-0.2, -0.15) is 11.8 Å². The molecule has 1 aliphatic rings. The lowest BCUT2D eigenvalue weighted by Gasteiger charge is -2.27. The van der Waals surface area contributed by atoms with Crippen molar-refractivity contribution in [3.05, 3.63) is 0 Å². The third kappa shape index (κ3) is 6.64. The maximum absolute atomic E-state index is 11.9. The number of hydrogen-bond donors (Lipinski definition) is 2. The van der Waals surface area contributed by atoms with E-state index < -0.39 is 0 Å². The first-order valence-corrected chi connectivity index (χ1v) is 8.04. The number of hydrogen-bond acceptors (Lipinski definition) is 3. The lowest BCUT2D eigenvalue weighted by atomic mass is 9.88. The van der Waals surface area contributed by atoms with E-state index >= 15 is 0 Å². The Morgan fingerprint density at radius 1 is 1.39 bits per heavy atom. The summed E-state index contributed by atoms with van der Waals surface area (Å²) in [6.45, 7) is 6.41. The van der Waals surface area contributed by atoms with E-state index in [-0.39, 0.29) is 24.0 Å². The SMILES string of the molecule is CC(C)(C)CC(CO)NC(=O)CC1CCSCC1. The van der Waals surface area contributed by atoms with Gasteiger partial charge in [0.25, 0.3) is 0 Å². The summed E-state index contributed by atoms with van der Waals surface area (Å²) in [5.41, 5.74) is 0.127. The monoisotopic (exact) mass is 273 g/mol. The fourth-order valence-electron chi connectivity index (χ4n) is 2.40. The van der Waals surface area contributed by atoms with Gasteiger partial charge in [0.1, 0.15) is 0 Å². The van der Waals surface area contributed by atoms with Crippen LogP contribution in [0.25, 0.3) is 0 Å². The van der Waals surface area contributed by atoms with Gasteiger partial charge in [0.05, 0.1) is 12.6 Å². The smallest absolute Gasteiger partial charge is 0.220 e. The molecule has 0 aromatic carbocycles. The Balaban J connectivity index is 2.32. The van der Waals surface area contributed by atoms with Gasteiger partial charge < -0.3 is 10.4 Å². The van der Waals surface area contributed by atoms with E-state index in [2.05, 4.69) is 26.1 Å². The van der Waals surface area contributed by atoms with Gasteiger partial charge in [0.15, 0.2) is 0 Å². The number of thioether (sulfide) groups is 1. The summed E-state index contributed by atoms with van der Waals surface area (Å²) < 4.78 is 0. The Hall–Kier alpha value is -0.220. The molecule has 1 saturated heterocycles. The molecule has 1 aliphatic heterocycles. The van der Waals surface area contributed by atoms with Crippen LogP contribution >= 0.6 is 11.8 Å². The largest absolute Gasteiger partial charge is 0.394 e. The van der Waals surface area contributed by atoms with E-state index in [9.17, 15) is 9.90 Å². The van der Waals surface area contributed by atoms with Crippen molar-refractivity contribution in [2.45, 2.75) is 52.5 Å². The van der Waals surface area contributed by atoms with Gasteiger partial charge in [-0.05, 0) is 42.1 Å². The molecule has 0 aromatic heterocycles. The molecular weight excluding hydrogens is 246 g/mol. The third-order valence-corrected chi connectivity index (χ3v) is 4.31. The first-order valence-electron chi connectivity index (χ1n) is 6.88. The molecule has 0 bridgehead atoms. The van der Waals surface area contributed by atoms with E-state index in [1.54, 1.807) is 0 Å². The zero-order chi connectivity index (χ0) is 13.6. The summed E-state index contributed by atoms with van der Waals surface area (Å²) in [6, 6.07) is -0.101. The predicted molar refractivity (Wildman–Crippen MR) is 77.8 cm³/mol. The third-order valence-electron chi connectivity index (χ3n) is 3.26. The highest BCUT2D eigenvalue weighted by Crippen LogP contribution is 2.25. The Labute approximate surface area is 115 Å². The van der Waals surface area contributed by atoms with Crippen LogP contribution in [0.15, 0.2) is 0 Å². The molecular formula is C14H27NO2S. The van der Waals surface area contributed by atoms with Gasteiger partial charge in [0.2, 0.25) is 5.91 Å². The number of aliphatic hydroxyl groups is 1. The molecule has 1 heterocycles. The van der Waals surface area contributed by atoms with Crippen LogP contribution in [-0.2, 0) is 4.79 Å².